The standard InChI is InChI=1S/C29H22N2O6S/c1-16(32)21-12-24-25(37-15-36-24)13-23(21)30-26(33)14-35-29(34)27-19-6-2-3-7-22(19)31-28-17(8-9-20(27)28)11-18-5-4-10-38-18/h2-7,10-13H,8-9,14-15H2,1H3,(H,30,33)/b17-11-. The molecule has 0 unspecified atom stereocenters. The van der Waals surface area contributed by atoms with Crippen LogP contribution >= 0.6 is 11.3 Å². The minimum atomic E-state index is -0.593. The number of carbonyl (C=O) groups is 3. The molecule has 9 heteroatoms. The molecule has 6 rings (SSSR count). The zero-order chi connectivity index (χ0) is 26.2. The Morgan fingerprint density at radius 2 is 1.89 bits per heavy atom. The number of benzene rings is 2. The second kappa shape index (κ2) is 9.75. The monoisotopic (exact) mass is 526 g/mol. The lowest BCUT2D eigenvalue weighted by Gasteiger charge is -2.13. The molecule has 2 aromatic carbocycles. The van der Waals surface area contributed by atoms with E-state index < -0.39 is 18.5 Å². The molecule has 0 bridgehead atoms. The highest BCUT2D eigenvalue weighted by Crippen LogP contribution is 2.39. The summed E-state index contributed by atoms with van der Waals surface area (Å²) in [5.41, 5.74) is 4.35. The van der Waals surface area contributed by atoms with Gasteiger partial charge in [-0.05, 0) is 60.6 Å². The van der Waals surface area contributed by atoms with Crippen molar-refractivity contribution in [1.29, 1.82) is 0 Å². The number of esters is 1. The molecule has 0 fully saturated rings. The number of aromatic nitrogens is 1. The largest absolute Gasteiger partial charge is 0.454 e. The Morgan fingerprint density at radius 3 is 2.68 bits per heavy atom. The zero-order valence-corrected chi connectivity index (χ0v) is 21.2. The van der Waals surface area contributed by atoms with Crippen molar-refractivity contribution in [2.24, 2.45) is 0 Å². The minimum Gasteiger partial charge on any atom is -0.454 e. The third-order valence-corrected chi connectivity index (χ3v) is 7.33. The van der Waals surface area contributed by atoms with Crippen LogP contribution in [0.1, 0.15) is 50.2 Å². The van der Waals surface area contributed by atoms with E-state index in [0.29, 0.717) is 34.4 Å². The van der Waals surface area contributed by atoms with Gasteiger partial charge in [0.1, 0.15) is 0 Å². The molecule has 0 radical (unpaired) electrons. The number of rotatable bonds is 6. The van der Waals surface area contributed by atoms with Gasteiger partial charge in [-0.25, -0.2) is 9.78 Å². The van der Waals surface area contributed by atoms with E-state index in [-0.39, 0.29) is 23.8 Å². The van der Waals surface area contributed by atoms with Crippen LogP contribution < -0.4 is 14.8 Å². The fourth-order valence-corrected chi connectivity index (χ4v) is 5.47. The SMILES string of the molecule is CC(=O)c1cc2c(cc1NC(=O)COC(=O)c1c3c(nc4ccccc14)/C(=C\c1cccs1)CC3)OCO2. The van der Waals surface area contributed by atoms with E-state index in [1.165, 1.54) is 19.1 Å². The summed E-state index contributed by atoms with van der Waals surface area (Å²) in [5, 5.41) is 5.36. The number of nitrogens with zero attached hydrogens (tertiary/aromatic N) is 1. The summed E-state index contributed by atoms with van der Waals surface area (Å²) in [6.45, 7) is 0.910. The normalized spacial score (nSPS) is 14.5. The third-order valence-electron chi connectivity index (χ3n) is 6.51. The molecule has 0 spiro atoms. The maximum Gasteiger partial charge on any atom is 0.339 e. The maximum atomic E-state index is 13.4. The lowest BCUT2D eigenvalue weighted by atomic mass is 10.0. The van der Waals surface area contributed by atoms with Crippen molar-refractivity contribution < 1.29 is 28.6 Å². The number of hydrogen-bond acceptors (Lipinski definition) is 8. The molecule has 0 saturated heterocycles. The van der Waals surface area contributed by atoms with E-state index in [1.807, 2.05) is 41.8 Å². The van der Waals surface area contributed by atoms with Gasteiger partial charge in [-0.15, -0.1) is 11.3 Å². The Labute approximate surface area is 221 Å². The Balaban J connectivity index is 1.26. The van der Waals surface area contributed by atoms with E-state index in [1.54, 1.807) is 11.3 Å². The van der Waals surface area contributed by atoms with Gasteiger partial charge < -0.3 is 19.5 Å². The second-order valence-corrected chi connectivity index (χ2v) is 9.93. The van der Waals surface area contributed by atoms with Crippen LogP contribution in [0.4, 0.5) is 5.69 Å². The number of allylic oxidation sites excluding steroid dienone is 1. The van der Waals surface area contributed by atoms with Crippen LogP contribution in [0.15, 0.2) is 53.9 Å². The fourth-order valence-electron chi connectivity index (χ4n) is 4.78. The predicted octanol–water partition coefficient (Wildman–Crippen LogP) is 5.51. The smallest absolute Gasteiger partial charge is 0.339 e. The lowest BCUT2D eigenvalue weighted by Crippen LogP contribution is -2.22. The molecule has 1 N–H and O–H groups in total. The Bertz CT molecular complexity index is 1640. The van der Waals surface area contributed by atoms with Crippen molar-refractivity contribution in [2.45, 2.75) is 19.8 Å². The summed E-state index contributed by atoms with van der Waals surface area (Å²) >= 11 is 1.64. The summed E-state index contributed by atoms with van der Waals surface area (Å²) < 4.78 is 16.2. The molecule has 0 atom stereocenters. The Morgan fingerprint density at radius 1 is 1.08 bits per heavy atom. The van der Waals surface area contributed by atoms with Gasteiger partial charge in [0.2, 0.25) is 6.79 Å². The molecule has 1 aliphatic heterocycles. The average Bonchev–Trinajstić information content (AvgIpc) is 3.67. The van der Waals surface area contributed by atoms with Crippen molar-refractivity contribution in [3.8, 4) is 11.5 Å². The highest BCUT2D eigenvalue weighted by atomic mass is 32.1. The molecular weight excluding hydrogens is 504 g/mol. The van der Waals surface area contributed by atoms with E-state index in [0.717, 1.165) is 28.1 Å². The summed E-state index contributed by atoms with van der Waals surface area (Å²) in [6.07, 6.45) is 3.52. The van der Waals surface area contributed by atoms with Crippen LogP contribution in [-0.2, 0) is 16.0 Å². The number of para-hydroxylation sites is 1. The van der Waals surface area contributed by atoms with E-state index in [2.05, 4.69) is 11.4 Å². The van der Waals surface area contributed by atoms with Crippen molar-refractivity contribution >= 4 is 57.2 Å². The molecule has 4 aromatic rings. The number of anilines is 1. The summed E-state index contributed by atoms with van der Waals surface area (Å²) in [7, 11) is 0. The van der Waals surface area contributed by atoms with Crippen LogP contribution in [0.2, 0.25) is 0 Å². The van der Waals surface area contributed by atoms with Gasteiger partial charge in [0.25, 0.3) is 5.91 Å². The van der Waals surface area contributed by atoms with Crippen LogP contribution in [0.3, 0.4) is 0 Å². The van der Waals surface area contributed by atoms with Gasteiger partial charge in [0, 0.05) is 21.9 Å². The highest BCUT2D eigenvalue weighted by Gasteiger charge is 2.28. The number of amides is 1. The molecule has 190 valence electrons. The van der Waals surface area contributed by atoms with E-state index in [4.69, 9.17) is 19.2 Å². The number of ketones is 1. The van der Waals surface area contributed by atoms with Gasteiger partial charge in [0.05, 0.1) is 22.5 Å². The van der Waals surface area contributed by atoms with Gasteiger partial charge >= 0.3 is 5.97 Å². The first-order chi connectivity index (χ1) is 18.5. The summed E-state index contributed by atoms with van der Waals surface area (Å²) in [6, 6.07) is 14.5. The first kappa shape index (κ1) is 23.9. The molecule has 2 aliphatic rings. The zero-order valence-electron chi connectivity index (χ0n) is 20.4. The van der Waals surface area contributed by atoms with Gasteiger partial charge in [-0.1, -0.05) is 24.3 Å². The van der Waals surface area contributed by atoms with Crippen LogP contribution in [0.5, 0.6) is 11.5 Å². The Kier molecular flexibility index (Phi) is 6.13. The summed E-state index contributed by atoms with van der Waals surface area (Å²) in [5.74, 6) is -0.559. The number of pyridine rings is 1. The summed E-state index contributed by atoms with van der Waals surface area (Å²) in [4.78, 5) is 44.2. The number of hydrogen-bond donors (Lipinski definition) is 1. The lowest BCUT2D eigenvalue weighted by molar-refractivity contribution is -0.119. The first-order valence-corrected chi connectivity index (χ1v) is 12.9. The van der Waals surface area contributed by atoms with Crippen molar-refractivity contribution in [2.75, 3.05) is 18.7 Å². The number of fused-ring (bicyclic) bond motifs is 3. The van der Waals surface area contributed by atoms with Crippen LogP contribution in [0.25, 0.3) is 22.6 Å². The second-order valence-electron chi connectivity index (χ2n) is 8.95. The molecule has 1 amide bonds. The predicted molar refractivity (Wildman–Crippen MR) is 144 cm³/mol. The molecule has 3 heterocycles. The van der Waals surface area contributed by atoms with Gasteiger partial charge in [0.15, 0.2) is 23.9 Å². The molecule has 1 aliphatic carbocycles. The maximum absolute atomic E-state index is 13.4. The number of ether oxygens (including phenoxy) is 3. The quantitative estimate of drug-likeness (QED) is 0.261. The molecule has 0 saturated carbocycles. The van der Waals surface area contributed by atoms with Crippen molar-refractivity contribution in [1.82, 2.24) is 4.98 Å². The molecule has 8 nitrogen and oxygen atoms in total. The van der Waals surface area contributed by atoms with E-state index in [9.17, 15) is 14.4 Å². The molecule has 38 heavy (non-hydrogen) atoms. The van der Waals surface area contributed by atoms with Gasteiger partial charge in [-0.2, -0.15) is 0 Å². The highest BCUT2D eigenvalue weighted by molar-refractivity contribution is 7.10. The number of nitrogens with one attached hydrogen (secondary N) is 1. The molecule has 2 aromatic heterocycles. The van der Waals surface area contributed by atoms with Gasteiger partial charge in [-0.3, -0.25) is 9.59 Å². The number of thiophene rings is 1. The molecular formula is C29H22N2O6S. The fraction of sp³-hybridized carbons (Fsp3) is 0.172. The third kappa shape index (κ3) is 4.41. The van der Waals surface area contributed by atoms with Crippen molar-refractivity contribution in [3.05, 3.63) is 81.2 Å². The topological polar surface area (TPSA) is 104 Å². The number of Topliss-reactive ketones (excluding diaryl/α,β-unsaturated/α-hetero) is 1. The number of carbonyl (C=O) groups excluding carboxylic acids is 3. The van der Waals surface area contributed by atoms with Crippen LogP contribution in [-0.4, -0.2) is 36.0 Å². The van der Waals surface area contributed by atoms with Crippen molar-refractivity contribution in [3.63, 3.8) is 0 Å². The minimum absolute atomic E-state index is 0.0378. The Hall–Kier alpha value is -4.50. The van der Waals surface area contributed by atoms with E-state index >= 15 is 0 Å². The average molecular weight is 527 g/mol. The van der Waals surface area contributed by atoms with Crippen LogP contribution in [0, 0.1) is 0 Å². The first-order valence-electron chi connectivity index (χ1n) is 12.1.